The normalized spacial score (nSPS) is 23.4. The maximum absolute atomic E-state index is 13.8. The first kappa shape index (κ1) is 21.0. The van der Waals surface area contributed by atoms with E-state index < -0.39 is 11.3 Å². The largest absolute Gasteiger partial charge is 0.384 e. The van der Waals surface area contributed by atoms with Crippen molar-refractivity contribution in [3.05, 3.63) is 82.3 Å². The second-order valence-corrected chi connectivity index (χ2v) is 9.74. The molecule has 2 aromatic carbocycles. The van der Waals surface area contributed by atoms with Gasteiger partial charge in [0.25, 0.3) is 0 Å². The molecule has 0 saturated heterocycles. The van der Waals surface area contributed by atoms with Crippen LogP contribution in [0, 0.1) is 16.7 Å². The summed E-state index contributed by atoms with van der Waals surface area (Å²) in [5, 5.41) is 13.2. The average molecular weight is 439 g/mol. The first-order valence-electron chi connectivity index (χ1n) is 11.2. The number of nitrogens with one attached hydrogen (secondary N) is 1. The molecule has 1 spiro atoms. The molecule has 5 rings (SSSR count). The van der Waals surface area contributed by atoms with Crippen LogP contribution in [0.1, 0.15) is 44.7 Å². The molecule has 0 fully saturated rings. The van der Waals surface area contributed by atoms with Crippen molar-refractivity contribution in [2.45, 2.75) is 45.4 Å². The number of aryl methyl sites for hydroxylation is 1. The lowest BCUT2D eigenvalue weighted by molar-refractivity contribution is -0.123. The number of carbonyl (C=O) groups excluding carboxylic acids is 2. The van der Waals surface area contributed by atoms with Gasteiger partial charge in [-0.25, -0.2) is 0 Å². The number of allylic oxidation sites excluding steroid dienone is 1. The Bertz CT molecular complexity index is 1310. The van der Waals surface area contributed by atoms with Crippen LogP contribution in [0.2, 0.25) is 0 Å². The zero-order valence-electron chi connectivity index (χ0n) is 19.0. The van der Waals surface area contributed by atoms with Crippen molar-refractivity contribution in [2.75, 3.05) is 10.2 Å². The molecule has 2 heterocycles. The zero-order valence-corrected chi connectivity index (χ0v) is 19.0. The highest BCUT2D eigenvalue weighted by Crippen LogP contribution is 2.56. The lowest BCUT2D eigenvalue weighted by Crippen LogP contribution is -2.52. The van der Waals surface area contributed by atoms with Crippen molar-refractivity contribution in [2.24, 2.45) is 11.1 Å². The smallest absolute Gasteiger partial charge is 0.245 e. The summed E-state index contributed by atoms with van der Waals surface area (Å²) in [6.07, 6.45) is 1.75. The molecule has 33 heavy (non-hydrogen) atoms. The van der Waals surface area contributed by atoms with Gasteiger partial charge in [0.1, 0.15) is 17.3 Å². The molecule has 0 radical (unpaired) electrons. The highest BCUT2D eigenvalue weighted by Gasteiger charge is 2.61. The van der Waals surface area contributed by atoms with E-state index >= 15 is 0 Å². The minimum Gasteiger partial charge on any atom is -0.384 e. The van der Waals surface area contributed by atoms with Gasteiger partial charge in [0.15, 0.2) is 5.78 Å². The fourth-order valence-corrected chi connectivity index (χ4v) is 5.55. The summed E-state index contributed by atoms with van der Waals surface area (Å²) in [6, 6.07) is 17.4. The number of hydrogen-bond acceptors (Lipinski definition) is 5. The molecule has 1 atom stereocenters. The van der Waals surface area contributed by atoms with Crippen LogP contribution in [0.25, 0.3) is 0 Å². The van der Waals surface area contributed by atoms with E-state index in [1.807, 2.05) is 55.1 Å². The lowest BCUT2D eigenvalue weighted by Gasteiger charge is -2.46. The van der Waals surface area contributed by atoms with E-state index in [-0.39, 0.29) is 22.6 Å². The molecule has 0 aromatic heterocycles. The first-order valence-corrected chi connectivity index (χ1v) is 11.2. The number of rotatable bonds is 2. The van der Waals surface area contributed by atoms with Crippen LogP contribution < -0.4 is 16.0 Å². The van der Waals surface area contributed by atoms with Crippen LogP contribution >= 0.6 is 0 Å². The maximum Gasteiger partial charge on any atom is 0.245 e. The second-order valence-electron chi connectivity index (χ2n) is 9.74. The predicted molar refractivity (Wildman–Crippen MR) is 127 cm³/mol. The highest BCUT2D eigenvalue weighted by atomic mass is 16.2. The van der Waals surface area contributed by atoms with Crippen molar-refractivity contribution in [1.82, 2.24) is 0 Å². The Morgan fingerprint density at radius 3 is 2.45 bits per heavy atom. The van der Waals surface area contributed by atoms with Gasteiger partial charge in [0, 0.05) is 34.6 Å². The number of hydrogen-bond donors (Lipinski definition) is 2. The summed E-state index contributed by atoms with van der Waals surface area (Å²) in [4.78, 5) is 29.2. The van der Waals surface area contributed by atoms with Gasteiger partial charge in [-0.2, -0.15) is 5.26 Å². The number of ketones is 1. The number of nitriles is 1. The lowest BCUT2D eigenvalue weighted by atomic mass is 9.61. The van der Waals surface area contributed by atoms with Gasteiger partial charge in [0.2, 0.25) is 5.91 Å². The Kier molecular flexibility index (Phi) is 4.51. The van der Waals surface area contributed by atoms with Crippen molar-refractivity contribution >= 4 is 23.1 Å². The standard InChI is InChI=1S/C27H26N4O2/c1-4-16-9-11-17(12-10-16)31-21-13-26(2,3)14-22(32)23(21)27(19(15-28)24(31)29)18-7-5-6-8-20(18)30-25(27)33/h5-12H,4,13-14,29H2,1-3H3,(H,30,33). The van der Waals surface area contributed by atoms with Crippen molar-refractivity contribution in [1.29, 1.82) is 5.26 Å². The number of nitrogens with two attached hydrogens (primary N) is 1. The van der Waals surface area contributed by atoms with E-state index in [9.17, 15) is 14.9 Å². The molecule has 1 amide bonds. The molecule has 1 aliphatic carbocycles. The maximum atomic E-state index is 13.8. The van der Waals surface area contributed by atoms with Crippen LogP contribution in [-0.4, -0.2) is 11.7 Å². The summed E-state index contributed by atoms with van der Waals surface area (Å²) in [6.45, 7) is 6.17. The molecular formula is C27H26N4O2. The van der Waals surface area contributed by atoms with E-state index in [2.05, 4.69) is 18.3 Å². The first-order chi connectivity index (χ1) is 15.7. The van der Waals surface area contributed by atoms with Gasteiger partial charge in [0.05, 0.1) is 5.57 Å². The van der Waals surface area contributed by atoms with E-state index in [0.717, 1.165) is 12.1 Å². The average Bonchev–Trinajstić information content (AvgIpc) is 3.05. The Balaban J connectivity index is 1.86. The molecule has 1 unspecified atom stereocenters. The summed E-state index contributed by atoms with van der Waals surface area (Å²) in [5.41, 5.74) is 9.20. The van der Waals surface area contributed by atoms with Crippen LogP contribution in [0.5, 0.6) is 0 Å². The third kappa shape index (κ3) is 2.78. The van der Waals surface area contributed by atoms with Gasteiger partial charge < -0.3 is 11.1 Å². The fraction of sp³-hybridized carbons (Fsp3) is 0.296. The molecule has 2 aliphatic heterocycles. The zero-order chi connectivity index (χ0) is 23.5. The van der Waals surface area contributed by atoms with E-state index in [4.69, 9.17) is 5.73 Å². The molecule has 0 saturated carbocycles. The minimum atomic E-state index is -1.53. The molecular weight excluding hydrogens is 412 g/mol. The number of amides is 1. The number of carbonyl (C=O) groups is 2. The topological polar surface area (TPSA) is 99.2 Å². The van der Waals surface area contributed by atoms with E-state index in [1.54, 1.807) is 12.1 Å². The second kappa shape index (κ2) is 7.08. The number of Topliss-reactive ketones (excluding diaryl/α,β-unsaturated/α-hetero) is 1. The SMILES string of the molecule is CCc1ccc(N2C(N)=C(C#N)C3(C(=O)Nc4ccccc43)C3=C2CC(C)(C)CC3=O)cc1. The van der Waals surface area contributed by atoms with E-state index in [1.165, 1.54) is 5.56 Å². The molecule has 3 N–H and O–H groups in total. The monoisotopic (exact) mass is 438 g/mol. The Morgan fingerprint density at radius 1 is 1.09 bits per heavy atom. The predicted octanol–water partition coefficient (Wildman–Crippen LogP) is 4.30. The summed E-state index contributed by atoms with van der Waals surface area (Å²) in [5.74, 6) is -0.328. The van der Waals surface area contributed by atoms with Crippen molar-refractivity contribution in [3.63, 3.8) is 0 Å². The minimum absolute atomic E-state index is 0.0938. The van der Waals surface area contributed by atoms with Gasteiger partial charge in [-0.3, -0.25) is 14.5 Å². The number of para-hydroxylation sites is 1. The molecule has 3 aliphatic rings. The third-order valence-corrected chi connectivity index (χ3v) is 7.00. The summed E-state index contributed by atoms with van der Waals surface area (Å²) in [7, 11) is 0. The number of nitrogens with zero attached hydrogens (tertiary/aromatic N) is 2. The van der Waals surface area contributed by atoms with Crippen molar-refractivity contribution in [3.8, 4) is 6.07 Å². The number of anilines is 2. The quantitative estimate of drug-likeness (QED) is 0.728. The molecule has 166 valence electrons. The highest BCUT2D eigenvalue weighted by molar-refractivity contribution is 6.20. The van der Waals surface area contributed by atoms with E-state index in [0.29, 0.717) is 35.4 Å². The van der Waals surface area contributed by atoms with Crippen molar-refractivity contribution < 1.29 is 9.59 Å². The fourth-order valence-electron chi connectivity index (χ4n) is 5.55. The Hall–Kier alpha value is -3.85. The Morgan fingerprint density at radius 2 is 1.79 bits per heavy atom. The van der Waals surface area contributed by atoms with Crippen LogP contribution in [0.3, 0.4) is 0 Å². The molecule has 6 heteroatoms. The molecule has 0 bridgehead atoms. The third-order valence-electron chi connectivity index (χ3n) is 7.00. The Labute approximate surface area is 193 Å². The van der Waals surface area contributed by atoms with Crippen LogP contribution in [0.15, 0.2) is 71.2 Å². The summed E-state index contributed by atoms with van der Waals surface area (Å²) >= 11 is 0. The summed E-state index contributed by atoms with van der Waals surface area (Å²) < 4.78 is 0. The van der Waals surface area contributed by atoms with Crippen LogP contribution in [0.4, 0.5) is 11.4 Å². The van der Waals surface area contributed by atoms with Gasteiger partial charge in [-0.15, -0.1) is 0 Å². The number of benzene rings is 2. The molecule has 6 nitrogen and oxygen atoms in total. The number of fused-ring (bicyclic) bond motifs is 3. The molecule has 2 aromatic rings. The van der Waals surface area contributed by atoms with Gasteiger partial charge in [-0.1, -0.05) is 51.1 Å². The van der Waals surface area contributed by atoms with Gasteiger partial charge >= 0.3 is 0 Å². The van der Waals surface area contributed by atoms with Crippen LogP contribution in [-0.2, 0) is 21.4 Å². The van der Waals surface area contributed by atoms with Gasteiger partial charge in [-0.05, 0) is 42.0 Å².